The molecule has 2 heterocycles. The molecule has 0 saturated carbocycles. The van der Waals surface area contributed by atoms with E-state index in [1.807, 2.05) is 12.4 Å². The number of rotatable bonds is 4. The molecule has 4 nitrogen and oxygen atoms in total. The molecule has 82 valence electrons. The minimum atomic E-state index is 0.488. The van der Waals surface area contributed by atoms with Gasteiger partial charge in [-0.15, -0.1) is 0 Å². The average Bonchev–Trinajstić information content (AvgIpc) is 2.74. The summed E-state index contributed by atoms with van der Waals surface area (Å²) in [5.41, 5.74) is 1.22. The highest BCUT2D eigenvalue weighted by Crippen LogP contribution is 2.07. The van der Waals surface area contributed by atoms with Gasteiger partial charge in [-0.05, 0) is 24.9 Å². The minimum absolute atomic E-state index is 0.488. The third-order valence-corrected chi connectivity index (χ3v) is 2.64. The quantitative estimate of drug-likeness (QED) is 0.777. The Morgan fingerprint density at radius 2 is 2.27 bits per heavy atom. The Balaban J connectivity index is 1.91. The second-order valence-corrected chi connectivity index (χ2v) is 4.00. The summed E-state index contributed by atoms with van der Waals surface area (Å²) in [6.07, 6.45) is 7.19. The Bertz CT molecular complexity index is 290. The summed E-state index contributed by atoms with van der Waals surface area (Å²) >= 11 is 0. The molecule has 0 radical (unpaired) electrons. The Labute approximate surface area is 90.5 Å². The van der Waals surface area contributed by atoms with E-state index in [0.29, 0.717) is 6.04 Å². The van der Waals surface area contributed by atoms with Crippen molar-refractivity contribution in [3.05, 3.63) is 18.0 Å². The molecule has 0 aromatic carbocycles. The van der Waals surface area contributed by atoms with E-state index in [1.165, 1.54) is 5.56 Å². The predicted molar refractivity (Wildman–Crippen MR) is 60.9 cm³/mol. The zero-order chi connectivity index (χ0) is 10.5. The van der Waals surface area contributed by atoms with E-state index in [4.69, 9.17) is 0 Å². The van der Waals surface area contributed by atoms with E-state index in [2.05, 4.69) is 27.5 Å². The van der Waals surface area contributed by atoms with E-state index in [9.17, 15) is 0 Å². The number of hydrogen-bond donors (Lipinski definition) is 2. The van der Waals surface area contributed by atoms with E-state index >= 15 is 0 Å². The molecule has 0 aliphatic carbocycles. The summed E-state index contributed by atoms with van der Waals surface area (Å²) in [6, 6.07) is 0.488. The Morgan fingerprint density at radius 1 is 1.47 bits per heavy atom. The molecule has 1 fully saturated rings. The summed E-state index contributed by atoms with van der Waals surface area (Å²) < 4.78 is 0. The molecule has 2 N–H and O–H groups in total. The van der Waals surface area contributed by atoms with Crippen LogP contribution >= 0.6 is 0 Å². The van der Waals surface area contributed by atoms with Crippen LogP contribution in [0.4, 0.5) is 5.95 Å². The van der Waals surface area contributed by atoms with Gasteiger partial charge in [0.15, 0.2) is 0 Å². The van der Waals surface area contributed by atoms with Crippen molar-refractivity contribution in [3.8, 4) is 0 Å². The molecular formula is C11H18N4. The average molecular weight is 206 g/mol. The molecule has 1 atom stereocenters. The zero-order valence-electron chi connectivity index (χ0n) is 9.16. The van der Waals surface area contributed by atoms with Crippen LogP contribution in [-0.2, 0) is 6.42 Å². The largest absolute Gasteiger partial charge is 0.350 e. The van der Waals surface area contributed by atoms with Crippen molar-refractivity contribution in [2.75, 3.05) is 18.4 Å². The van der Waals surface area contributed by atoms with Crippen LogP contribution in [0.5, 0.6) is 0 Å². The summed E-state index contributed by atoms with van der Waals surface area (Å²) in [6.45, 7) is 4.27. The van der Waals surface area contributed by atoms with E-state index in [1.54, 1.807) is 0 Å². The van der Waals surface area contributed by atoms with Crippen LogP contribution in [0, 0.1) is 0 Å². The van der Waals surface area contributed by atoms with Gasteiger partial charge in [0.25, 0.3) is 0 Å². The second-order valence-electron chi connectivity index (χ2n) is 4.00. The van der Waals surface area contributed by atoms with Crippen LogP contribution in [0.15, 0.2) is 12.4 Å². The predicted octanol–water partition coefficient (Wildman–Crippen LogP) is 1.20. The summed E-state index contributed by atoms with van der Waals surface area (Å²) in [7, 11) is 0. The van der Waals surface area contributed by atoms with Gasteiger partial charge in [0.2, 0.25) is 5.95 Å². The fourth-order valence-corrected chi connectivity index (χ4v) is 1.81. The first kappa shape index (κ1) is 10.4. The fourth-order valence-electron chi connectivity index (χ4n) is 1.81. The van der Waals surface area contributed by atoms with Gasteiger partial charge in [-0.2, -0.15) is 0 Å². The standard InChI is InChI=1S/C11H18N4/c1-2-3-9-6-13-11(14-7-9)15-10-4-5-12-8-10/h6-7,10,12H,2-5,8H2,1H3,(H,13,14,15). The van der Waals surface area contributed by atoms with Gasteiger partial charge >= 0.3 is 0 Å². The van der Waals surface area contributed by atoms with Crippen LogP contribution in [0.1, 0.15) is 25.3 Å². The number of anilines is 1. The van der Waals surface area contributed by atoms with Gasteiger partial charge in [-0.3, -0.25) is 0 Å². The molecule has 0 spiro atoms. The highest BCUT2D eigenvalue weighted by Gasteiger charge is 2.14. The highest BCUT2D eigenvalue weighted by atomic mass is 15.1. The Hall–Kier alpha value is -1.16. The highest BCUT2D eigenvalue weighted by molar-refractivity contribution is 5.27. The van der Waals surface area contributed by atoms with Gasteiger partial charge in [0.1, 0.15) is 0 Å². The fraction of sp³-hybridized carbons (Fsp3) is 0.636. The molecule has 1 aromatic rings. The van der Waals surface area contributed by atoms with Crippen LogP contribution in [0.2, 0.25) is 0 Å². The smallest absolute Gasteiger partial charge is 0.222 e. The zero-order valence-corrected chi connectivity index (χ0v) is 9.16. The molecule has 1 aliphatic rings. The third-order valence-electron chi connectivity index (χ3n) is 2.64. The Kier molecular flexibility index (Phi) is 3.50. The van der Waals surface area contributed by atoms with Crippen molar-refractivity contribution >= 4 is 5.95 Å². The lowest BCUT2D eigenvalue weighted by molar-refractivity contribution is 0.778. The number of hydrogen-bond acceptors (Lipinski definition) is 4. The molecule has 1 aliphatic heterocycles. The normalized spacial score (nSPS) is 20.5. The van der Waals surface area contributed by atoms with Gasteiger partial charge < -0.3 is 10.6 Å². The van der Waals surface area contributed by atoms with Crippen molar-refractivity contribution in [1.82, 2.24) is 15.3 Å². The number of nitrogens with one attached hydrogen (secondary N) is 2. The van der Waals surface area contributed by atoms with Gasteiger partial charge in [-0.1, -0.05) is 13.3 Å². The first-order valence-corrected chi connectivity index (χ1v) is 5.66. The molecule has 1 unspecified atom stereocenters. The van der Waals surface area contributed by atoms with Crippen molar-refractivity contribution in [2.24, 2.45) is 0 Å². The van der Waals surface area contributed by atoms with E-state index in [-0.39, 0.29) is 0 Å². The number of aryl methyl sites for hydroxylation is 1. The number of aromatic nitrogens is 2. The van der Waals surface area contributed by atoms with Crippen LogP contribution in [0.25, 0.3) is 0 Å². The molecule has 4 heteroatoms. The van der Waals surface area contributed by atoms with Crippen LogP contribution in [-0.4, -0.2) is 29.1 Å². The summed E-state index contributed by atoms with van der Waals surface area (Å²) in [4.78, 5) is 8.62. The minimum Gasteiger partial charge on any atom is -0.350 e. The van der Waals surface area contributed by atoms with Crippen molar-refractivity contribution < 1.29 is 0 Å². The molecule has 0 bridgehead atoms. The maximum absolute atomic E-state index is 4.31. The van der Waals surface area contributed by atoms with Crippen LogP contribution < -0.4 is 10.6 Å². The lowest BCUT2D eigenvalue weighted by atomic mass is 10.2. The van der Waals surface area contributed by atoms with E-state index in [0.717, 1.165) is 38.3 Å². The van der Waals surface area contributed by atoms with Crippen molar-refractivity contribution in [3.63, 3.8) is 0 Å². The van der Waals surface area contributed by atoms with Crippen LogP contribution in [0.3, 0.4) is 0 Å². The molecule has 1 aromatic heterocycles. The van der Waals surface area contributed by atoms with Gasteiger partial charge in [0, 0.05) is 25.0 Å². The first-order valence-electron chi connectivity index (χ1n) is 5.66. The lowest BCUT2D eigenvalue weighted by Gasteiger charge is -2.10. The second kappa shape index (κ2) is 5.07. The first-order chi connectivity index (χ1) is 7.38. The molecule has 1 saturated heterocycles. The van der Waals surface area contributed by atoms with Gasteiger partial charge in [-0.25, -0.2) is 9.97 Å². The van der Waals surface area contributed by atoms with Crippen molar-refractivity contribution in [1.29, 1.82) is 0 Å². The van der Waals surface area contributed by atoms with Crippen molar-refractivity contribution in [2.45, 2.75) is 32.2 Å². The monoisotopic (exact) mass is 206 g/mol. The number of nitrogens with zero attached hydrogens (tertiary/aromatic N) is 2. The summed E-state index contributed by atoms with van der Waals surface area (Å²) in [5, 5.41) is 6.63. The molecule has 15 heavy (non-hydrogen) atoms. The molecule has 2 rings (SSSR count). The topological polar surface area (TPSA) is 49.8 Å². The maximum atomic E-state index is 4.31. The third kappa shape index (κ3) is 2.89. The lowest BCUT2D eigenvalue weighted by Crippen LogP contribution is -2.23. The summed E-state index contributed by atoms with van der Waals surface area (Å²) in [5.74, 6) is 0.753. The maximum Gasteiger partial charge on any atom is 0.222 e. The van der Waals surface area contributed by atoms with E-state index < -0.39 is 0 Å². The molecule has 0 amide bonds. The van der Waals surface area contributed by atoms with Gasteiger partial charge in [0.05, 0.1) is 0 Å². The SMILES string of the molecule is CCCc1cnc(NC2CCNC2)nc1. The Morgan fingerprint density at radius 3 is 2.87 bits per heavy atom. The molecular weight excluding hydrogens is 188 g/mol.